The molecule has 1 saturated heterocycles. The summed E-state index contributed by atoms with van der Waals surface area (Å²) in [4.78, 5) is 22.2. The number of hydrogen-bond donors (Lipinski definition) is 3. The largest absolute Gasteiger partial charge is 0.479 e. The maximum Gasteiger partial charge on any atom is 0.332 e. The van der Waals surface area contributed by atoms with Crippen LogP contribution in [-0.4, -0.2) is 46.9 Å². The van der Waals surface area contributed by atoms with Crippen LogP contribution in [0.5, 0.6) is 0 Å². The molecule has 0 aromatic carbocycles. The topological polar surface area (TPSA) is 95.9 Å². The van der Waals surface area contributed by atoms with Crippen molar-refractivity contribution >= 4 is 11.9 Å². The Balaban J connectivity index is 2.19. The number of nitrogens with one attached hydrogen (secondary N) is 1. The van der Waals surface area contributed by atoms with E-state index in [0.29, 0.717) is 32.2 Å². The van der Waals surface area contributed by atoms with Crippen LogP contribution < -0.4 is 5.32 Å². The normalized spacial score (nSPS) is 25.5. The van der Waals surface area contributed by atoms with Crippen molar-refractivity contribution in [2.75, 3.05) is 6.54 Å². The van der Waals surface area contributed by atoms with E-state index >= 15 is 0 Å². The minimum Gasteiger partial charge on any atom is -0.479 e. The molecule has 0 aromatic heterocycles. The van der Waals surface area contributed by atoms with Gasteiger partial charge in [-0.05, 0) is 32.6 Å². The van der Waals surface area contributed by atoms with Crippen LogP contribution in [0.2, 0.25) is 0 Å². The maximum atomic E-state index is 11.6. The highest BCUT2D eigenvalue weighted by molar-refractivity contribution is 5.82. The maximum absolute atomic E-state index is 11.6. The fraction of sp³-hybridized carbons (Fsp3) is 0.818. The zero-order valence-corrected chi connectivity index (χ0v) is 9.89. The number of carbonyl (C=O) groups excluding carboxylic acids is 1. The van der Waals surface area contributed by atoms with Crippen molar-refractivity contribution in [1.29, 1.82) is 0 Å². The number of carboxylic acid groups (broad SMARTS) is 1. The Morgan fingerprint density at radius 3 is 2.59 bits per heavy atom. The monoisotopic (exact) mass is 245 g/mol. The van der Waals surface area contributed by atoms with Crippen molar-refractivity contribution in [1.82, 2.24) is 5.32 Å². The van der Waals surface area contributed by atoms with Gasteiger partial charge in [-0.3, -0.25) is 4.79 Å². The van der Waals surface area contributed by atoms with E-state index in [-0.39, 0.29) is 12.0 Å². The molecule has 0 aliphatic carbocycles. The number of aliphatic hydroxyl groups is 1. The van der Waals surface area contributed by atoms with Crippen molar-refractivity contribution in [3.05, 3.63) is 0 Å². The first-order chi connectivity index (χ1) is 8.00. The third-order valence-corrected chi connectivity index (χ3v) is 2.69. The molecule has 1 rings (SSSR count). The molecule has 1 amide bonds. The number of ether oxygens (including phenoxy) is 1. The second-order valence-electron chi connectivity index (χ2n) is 4.31. The Hall–Kier alpha value is -1.14. The molecule has 1 aliphatic heterocycles. The fourth-order valence-corrected chi connectivity index (χ4v) is 1.73. The highest BCUT2D eigenvalue weighted by Crippen LogP contribution is 2.19. The average Bonchev–Trinajstić information content (AvgIpc) is 2.73. The smallest absolute Gasteiger partial charge is 0.332 e. The van der Waals surface area contributed by atoms with Crippen molar-refractivity contribution < 1.29 is 24.5 Å². The van der Waals surface area contributed by atoms with Crippen LogP contribution in [0, 0.1) is 0 Å². The van der Waals surface area contributed by atoms with Crippen LogP contribution in [0.3, 0.4) is 0 Å². The Labute approximate surface area is 100.0 Å². The Bertz CT molecular complexity index is 279. The van der Waals surface area contributed by atoms with Gasteiger partial charge in [-0.15, -0.1) is 0 Å². The highest BCUT2D eigenvalue weighted by Gasteiger charge is 2.34. The molecule has 6 nitrogen and oxygen atoms in total. The van der Waals surface area contributed by atoms with E-state index in [0.717, 1.165) is 0 Å². The molecule has 6 heteroatoms. The standard InChI is InChI=1S/C11H19NO5/c1-7(13)3-2-6-12-10(14)8-4-5-9(17-8)11(15)16/h7-9,13H,2-6H2,1H3,(H,12,14)(H,15,16). The van der Waals surface area contributed by atoms with Crippen molar-refractivity contribution in [2.24, 2.45) is 0 Å². The zero-order valence-electron chi connectivity index (χ0n) is 9.89. The number of hydrogen-bond acceptors (Lipinski definition) is 4. The molecule has 1 fully saturated rings. The molecule has 17 heavy (non-hydrogen) atoms. The Morgan fingerprint density at radius 2 is 2.06 bits per heavy atom. The van der Waals surface area contributed by atoms with Crippen LogP contribution in [0.1, 0.15) is 32.6 Å². The van der Waals surface area contributed by atoms with Crippen molar-refractivity contribution in [3.8, 4) is 0 Å². The summed E-state index contributed by atoms with van der Waals surface area (Å²) in [6.07, 6.45) is 0.263. The second kappa shape index (κ2) is 6.56. The molecule has 3 unspecified atom stereocenters. The van der Waals surface area contributed by atoms with Crippen LogP contribution in [0.4, 0.5) is 0 Å². The summed E-state index contributed by atoms with van der Waals surface area (Å²) in [6, 6.07) is 0. The van der Waals surface area contributed by atoms with Gasteiger partial charge < -0.3 is 20.3 Å². The average molecular weight is 245 g/mol. The molecule has 0 bridgehead atoms. The summed E-state index contributed by atoms with van der Waals surface area (Å²) < 4.78 is 5.10. The van der Waals surface area contributed by atoms with Gasteiger partial charge in [-0.25, -0.2) is 4.79 Å². The van der Waals surface area contributed by atoms with Gasteiger partial charge in [0.25, 0.3) is 0 Å². The van der Waals surface area contributed by atoms with E-state index in [4.69, 9.17) is 14.9 Å². The minimum atomic E-state index is -1.02. The third kappa shape index (κ3) is 4.70. The zero-order chi connectivity index (χ0) is 12.8. The lowest BCUT2D eigenvalue weighted by Crippen LogP contribution is -2.36. The van der Waals surface area contributed by atoms with Gasteiger partial charge in [0.05, 0.1) is 6.10 Å². The lowest BCUT2D eigenvalue weighted by molar-refractivity contribution is -0.151. The predicted octanol–water partition coefficient (Wildman–Crippen LogP) is -0.104. The summed E-state index contributed by atoms with van der Waals surface area (Å²) >= 11 is 0. The minimum absolute atomic E-state index is 0.264. The van der Waals surface area contributed by atoms with Crippen LogP contribution in [0.15, 0.2) is 0 Å². The summed E-state index contributed by atoms with van der Waals surface area (Å²) in [5.74, 6) is -1.28. The van der Waals surface area contributed by atoms with Gasteiger partial charge in [-0.2, -0.15) is 0 Å². The van der Waals surface area contributed by atoms with Gasteiger partial charge in [-0.1, -0.05) is 0 Å². The quantitative estimate of drug-likeness (QED) is 0.568. The lowest BCUT2D eigenvalue weighted by Gasteiger charge is -2.12. The third-order valence-electron chi connectivity index (χ3n) is 2.69. The number of carbonyl (C=O) groups is 2. The molecule has 3 N–H and O–H groups in total. The number of carboxylic acids is 1. The molecular weight excluding hydrogens is 226 g/mol. The number of rotatable bonds is 6. The summed E-state index contributed by atoms with van der Waals surface area (Å²) in [7, 11) is 0. The predicted molar refractivity (Wildman–Crippen MR) is 59.5 cm³/mol. The lowest BCUT2D eigenvalue weighted by atomic mass is 10.2. The summed E-state index contributed by atoms with van der Waals surface area (Å²) in [5, 5.41) is 20.4. The van der Waals surface area contributed by atoms with Gasteiger partial charge in [0.15, 0.2) is 6.10 Å². The van der Waals surface area contributed by atoms with E-state index in [1.54, 1.807) is 6.92 Å². The molecule has 3 atom stereocenters. The Kier molecular flexibility index (Phi) is 5.37. The highest BCUT2D eigenvalue weighted by atomic mass is 16.5. The molecular formula is C11H19NO5. The van der Waals surface area contributed by atoms with E-state index in [2.05, 4.69) is 5.32 Å². The molecule has 0 aromatic rings. The van der Waals surface area contributed by atoms with Gasteiger partial charge in [0.2, 0.25) is 5.91 Å². The van der Waals surface area contributed by atoms with Crippen LogP contribution in [-0.2, 0) is 14.3 Å². The van der Waals surface area contributed by atoms with Crippen molar-refractivity contribution in [2.45, 2.75) is 50.9 Å². The molecule has 1 heterocycles. The summed E-state index contributed by atoms with van der Waals surface area (Å²) in [6.45, 7) is 2.17. The molecule has 1 aliphatic rings. The first-order valence-electron chi connectivity index (χ1n) is 5.84. The van der Waals surface area contributed by atoms with E-state index in [1.165, 1.54) is 0 Å². The first-order valence-corrected chi connectivity index (χ1v) is 5.84. The van der Waals surface area contributed by atoms with Gasteiger partial charge in [0.1, 0.15) is 6.10 Å². The number of aliphatic carboxylic acids is 1. The van der Waals surface area contributed by atoms with E-state index in [9.17, 15) is 9.59 Å². The summed E-state index contributed by atoms with van der Waals surface area (Å²) in [5.41, 5.74) is 0. The molecule has 98 valence electrons. The van der Waals surface area contributed by atoms with Crippen molar-refractivity contribution in [3.63, 3.8) is 0 Å². The molecule has 0 spiro atoms. The SMILES string of the molecule is CC(O)CCCNC(=O)C1CCC(C(=O)O)O1. The Morgan fingerprint density at radius 1 is 1.41 bits per heavy atom. The van der Waals surface area contributed by atoms with Crippen LogP contribution >= 0.6 is 0 Å². The van der Waals surface area contributed by atoms with E-state index in [1.807, 2.05) is 0 Å². The van der Waals surface area contributed by atoms with Gasteiger partial charge in [0, 0.05) is 6.54 Å². The molecule has 0 radical (unpaired) electrons. The first kappa shape index (κ1) is 13.9. The molecule has 0 saturated carbocycles. The number of aliphatic hydroxyl groups excluding tert-OH is 1. The number of amides is 1. The second-order valence-corrected chi connectivity index (χ2v) is 4.31. The van der Waals surface area contributed by atoms with Crippen LogP contribution in [0.25, 0.3) is 0 Å². The fourth-order valence-electron chi connectivity index (χ4n) is 1.73. The van der Waals surface area contributed by atoms with E-state index < -0.39 is 18.2 Å². The van der Waals surface area contributed by atoms with Gasteiger partial charge >= 0.3 is 5.97 Å².